The molecule has 0 rings (SSSR count). The number of carbonyl (C=O) groups is 1. The fourth-order valence-electron chi connectivity index (χ4n) is 0.300. The Bertz CT molecular complexity index is 249. The summed E-state index contributed by atoms with van der Waals surface area (Å²) in [6, 6.07) is 0. The van der Waals surface area contributed by atoms with Gasteiger partial charge in [0.05, 0.1) is 39.6 Å². The molecule has 0 aliphatic heterocycles. The largest absolute Gasteiger partial charge is 0.478 e. The Morgan fingerprint density at radius 1 is 0.773 bits per heavy atom. The molecule has 8 heteroatoms. The van der Waals surface area contributed by atoms with Gasteiger partial charge in [0.15, 0.2) is 0 Å². The SMILES string of the molecule is C=C(C)C(=O)O.CC(CO)(CO)CO.CC(CO)(CO)CO. The summed E-state index contributed by atoms with van der Waals surface area (Å²) >= 11 is 0. The lowest BCUT2D eigenvalue weighted by molar-refractivity contribution is -0.132. The zero-order valence-electron chi connectivity index (χ0n) is 13.5. The highest BCUT2D eigenvalue weighted by Gasteiger charge is 2.20. The normalized spacial score (nSPS) is 10.8. The lowest BCUT2D eigenvalue weighted by Crippen LogP contribution is -2.29. The first kappa shape index (κ1) is 25.9. The Kier molecular flexibility index (Phi) is 16.0. The van der Waals surface area contributed by atoms with E-state index in [1.807, 2.05) is 0 Å². The molecule has 8 nitrogen and oxygen atoms in total. The minimum Gasteiger partial charge on any atom is -0.478 e. The fourth-order valence-corrected chi connectivity index (χ4v) is 0.300. The summed E-state index contributed by atoms with van der Waals surface area (Å²) < 4.78 is 0. The summed E-state index contributed by atoms with van der Waals surface area (Å²) in [6.45, 7) is 6.73. The van der Waals surface area contributed by atoms with Crippen LogP contribution in [0.25, 0.3) is 0 Å². The zero-order valence-corrected chi connectivity index (χ0v) is 13.5. The van der Waals surface area contributed by atoms with E-state index in [4.69, 9.17) is 35.7 Å². The van der Waals surface area contributed by atoms with Crippen molar-refractivity contribution in [1.82, 2.24) is 0 Å². The van der Waals surface area contributed by atoms with Crippen LogP contribution in [0.2, 0.25) is 0 Å². The minimum absolute atomic E-state index is 0.176. The molecule has 0 bridgehead atoms. The predicted octanol–water partition coefficient (Wildman–Crippen LogP) is -1.41. The Balaban J connectivity index is -0.000000249. The van der Waals surface area contributed by atoms with Crippen molar-refractivity contribution < 1.29 is 40.5 Å². The van der Waals surface area contributed by atoms with Gasteiger partial charge in [-0.2, -0.15) is 0 Å². The van der Waals surface area contributed by atoms with Crippen LogP contribution in [0.1, 0.15) is 20.8 Å². The molecular formula is C14H30O8. The Morgan fingerprint density at radius 3 is 0.909 bits per heavy atom. The standard InChI is InChI=1S/2C5H12O3.C4H6O2/c2*1-5(2-6,3-7)4-8;1-3(2)4(5)6/h2*6-8H,2-4H2,1H3;1H2,2H3,(H,5,6). The third kappa shape index (κ3) is 13.9. The van der Waals surface area contributed by atoms with Crippen molar-refractivity contribution >= 4 is 5.97 Å². The van der Waals surface area contributed by atoms with Gasteiger partial charge in [-0.3, -0.25) is 0 Å². The number of aliphatic hydroxyl groups excluding tert-OH is 6. The molecule has 0 radical (unpaired) electrons. The first-order valence-corrected chi connectivity index (χ1v) is 6.55. The lowest BCUT2D eigenvalue weighted by Gasteiger charge is -2.20. The molecule has 0 saturated heterocycles. The maximum atomic E-state index is 9.60. The molecule has 134 valence electrons. The van der Waals surface area contributed by atoms with Crippen LogP contribution in [0.3, 0.4) is 0 Å². The summed E-state index contributed by atoms with van der Waals surface area (Å²) in [6.07, 6.45) is 0. The molecule has 0 unspecified atom stereocenters. The van der Waals surface area contributed by atoms with Crippen molar-refractivity contribution in [2.45, 2.75) is 20.8 Å². The quantitative estimate of drug-likeness (QED) is 0.281. The number of aliphatic hydroxyl groups is 6. The molecule has 22 heavy (non-hydrogen) atoms. The van der Waals surface area contributed by atoms with Crippen LogP contribution in [-0.2, 0) is 4.79 Å². The Morgan fingerprint density at radius 2 is 0.909 bits per heavy atom. The Labute approximate surface area is 131 Å². The summed E-state index contributed by atoms with van der Waals surface area (Å²) in [7, 11) is 0. The monoisotopic (exact) mass is 326 g/mol. The van der Waals surface area contributed by atoms with E-state index in [9.17, 15) is 4.79 Å². The van der Waals surface area contributed by atoms with Crippen LogP contribution < -0.4 is 0 Å². The van der Waals surface area contributed by atoms with Gasteiger partial charge in [-0.1, -0.05) is 20.4 Å². The minimum atomic E-state index is -0.935. The van der Waals surface area contributed by atoms with Crippen molar-refractivity contribution in [2.24, 2.45) is 10.8 Å². The van der Waals surface area contributed by atoms with E-state index in [1.54, 1.807) is 13.8 Å². The molecule has 0 aromatic heterocycles. The van der Waals surface area contributed by atoms with Crippen molar-refractivity contribution in [1.29, 1.82) is 0 Å². The smallest absolute Gasteiger partial charge is 0.330 e. The maximum Gasteiger partial charge on any atom is 0.330 e. The molecule has 0 amide bonds. The number of hydrogen-bond donors (Lipinski definition) is 7. The van der Waals surface area contributed by atoms with Gasteiger partial charge in [0.1, 0.15) is 0 Å². The van der Waals surface area contributed by atoms with E-state index in [0.29, 0.717) is 0 Å². The summed E-state index contributed by atoms with van der Waals surface area (Å²) in [5, 5.41) is 58.7. The number of rotatable bonds is 7. The average molecular weight is 326 g/mol. The fraction of sp³-hybridized carbons (Fsp3) is 0.786. The molecule has 0 aromatic rings. The molecule has 0 aliphatic carbocycles. The molecule has 0 atom stereocenters. The number of carboxylic acid groups (broad SMARTS) is 1. The van der Waals surface area contributed by atoms with Crippen molar-refractivity contribution in [3.05, 3.63) is 12.2 Å². The summed E-state index contributed by atoms with van der Waals surface area (Å²) in [4.78, 5) is 9.60. The van der Waals surface area contributed by atoms with Gasteiger partial charge in [-0.05, 0) is 6.92 Å². The topological polar surface area (TPSA) is 159 Å². The number of aliphatic carboxylic acids is 1. The first-order chi connectivity index (χ1) is 10.0. The molecule has 0 spiro atoms. The maximum absolute atomic E-state index is 9.60. The second kappa shape index (κ2) is 13.6. The van der Waals surface area contributed by atoms with Gasteiger partial charge in [0.2, 0.25) is 0 Å². The van der Waals surface area contributed by atoms with E-state index in [2.05, 4.69) is 6.58 Å². The van der Waals surface area contributed by atoms with Gasteiger partial charge in [0.25, 0.3) is 0 Å². The highest BCUT2D eigenvalue weighted by Crippen LogP contribution is 2.11. The van der Waals surface area contributed by atoms with E-state index in [-0.39, 0.29) is 45.2 Å². The predicted molar refractivity (Wildman–Crippen MR) is 81.2 cm³/mol. The average Bonchev–Trinajstić information content (AvgIpc) is 2.54. The zero-order chi connectivity index (χ0) is 18.4. The van der Waals surface area contributed by atoms with Gasteiger partial charge < -0.3 is 35.7 Å². The molecule has 0 fully saturated rings. The summed E-state index contributed by atoms with van der Waals surface area (Å²) in [5.74, 6) is -0.935. The van der Waals surface area contributed by atoms with Crippen molar-refractivity contribution in [2.75, 3.05) is 39.6 Å². The van der Waals surface area contributed by atoms with Crippen molar-refractivity contribution in [3.63, 3.8) is 0 Å². The van der Waals surface area contributed by atoms with Crippen LogP contribution in [0.15, 0.2) is 12.2 Å². The van der Waals surface area contributed by atoms with Crippen LogP contribution in [-0.4, -0.2) is 81.4 Å². The molecule has 0 aliphatic rings. The number of hydrogen-bond acceptors (Lipinski definition) is 7. The molecule has 0 saturated carbocycles. The Hall–Kier alpha value is -1.03. The first-order valence-electron chi connectivity index (χ1n) is 6.55. The van der Waals surface area contributed by atoms with Crippen LogP contribution in [0.5, 0.6) is 0 Å². The highest BCUT2D eigenvalue weighted by molar-refractivity contribution is 5.84. The molecule has 0 aromatic carbocycles. The van der Waals surface area contributed by atoms with E-state index >= 15 is 0 Å². The van der Waals surface area contributed by atoms with Gasteiger partial charge in [-0.25, -0.2) is 4.79 Å². The summed E-state index contributed by atoms with van der Waals surface area (Å²) in [5.41, 5.74) is -1.24. The van der Waals surface area contributed by atoms with Gasteiger partial charge in [-0.15, -0.1) is 0 Å². The van der Waals surface area contributed by atoms with Crippen LogP contribution >= 0.6 is 0 Å². The van der Waals surface area contributed by atoms with E-state index < -0.39 is 16.8 Å². The van der Waals surface area contributed by atoms with E-state index in [0.717, 1.165) is 0 Å². The van der Waals surface area contributed by atoms with Gasteiger partial charge in [0, 0.05) is 16.4 Å². The molecular weight excluding hydrogens is 296 g/mol. The molecule has 7 N–H and O–H groups in total. The third-order valence-electron chi connectivity index (χ3n) is 2.66. The third-order valence-corrected chi connectivity index (χ3v) is 2.66. The van der Waals surface area contributed by atoms with Crippen molar-refractivity contribution in [3.8, 4) is 0 Å². The van der Waals surface area contributed by atoms with Crippen LogP contribution in [0, 0.1) is 10.8 Å². The van der Waals surface area contributed by atoms with Crippen LogP contribution in [0.4, 0.5) is 0 Å². The number of carboxylic acids is 1. The van der Waals surface area contributed by atoms with E-state index in [1.165, 1.54) is 6.92 Å². The highest BCUT2D eigenvalue weighted by atomic mass is 16.4. The lowest BCUT2D eigenvalue weighted by atomic mass is 9.95. The second-order valence-corrected chi connectivity index (χ2v) is 5.66. The molecule has 0 heterocycles. The van der Waals surface area contributed by atoms with Gasteiger partial charge >= 0.3 is 5.97 Å². The second-order valence-electron chi connectivity index (χ2n) is 5.66.